The molecule has 0 spiro atoms. The molecule has 0 aromatic carbocycles. The van der Waals surface area contributed by atoms with Crippen LogP contribution in [-0.2, 0) is 0 Å². The van der Waals surface area contributed by atoms with Crippen LogP contribution in [0.5, 0.6) is 5.88 Å². The zero-order chi connectivity index (χ0) is 13.0. The summed E-state index contributed by atoms with van der Waals surface area (Å²) in [5.74, 6) is -1.06. The molecule has 0 aliphatic carbocycles. The molecular formula is C10H12N2O5. The highest BCUT2D eigenvalue weighted by atomic mass is 16.6. The van der Waals surface area contributed by atoms with Crippen molar-refractivity contribution in [2.75, 3.05) is 6.61 Å². The average Bonchev–Trinajstić information content (AvgIpc) is 2.25. The molecule has 0 aliphatic rings. The predicted molar refractivity (Wildman–Crippen MR) is 58.2 cm³/mol. The molecule has 7 nitrogen and oxygen atoms in total. The van der Waals surface area contributed by atoms with Gasteiger partial charge in [-0.05, 0) is 5.92 Å². The number of carboxylic acids is 1. The van der Waals surface area contributed by atoms with Crippen LogP contribution in [0.1, 0.15) is 24.2 Å². The van der Waals surface area contributed by atoms with Crippen LogP contribution in [-0.4, -0.2) is 27.6 Å². The molecule has 1 heterocycles. The first-order valence-corrected chi connectivity index (χ1v) is 4.92. The lowest BCUT2D eigenvalue weighted by molar-refractivity contribution is -0.385. The van der Waals surface area contributed by atoms with Crippen LogP contribution >= 0.6 is 0 Å². The minimum atomic E-state index is -1.38. The average molecular weight is 240 g/mol. The van der Waals surface area contributed by atoms with E-state index in [-0.39, 0.29) is 11.8 Å². The first-order valence-electron chi connectivity index (χ1n) is 4.92. The van der Waals surface area contributed by atoms with Gasteiger partial charge < -0.3 is 9.84 Å². The van der Waals surface area contributed by atoms with Gasteiger partial charge in [0.05, 0.1) is 11.5 Å². The van der Waals surface area contributed by atoms with Gasteiger partial charge in [-0.15, -0.1) is 0 Å². The fraction of sp³-hybridized carbons (Fsp3) is 0.400. The van der Waals surface area contributed by atoms with E-state index in [1.54, 1.807) is 0 Å². The fourth-order valence-electron chi connectivity index (χ4n) is 1.08. The van der Waals surface area contributed by atoms with Crippen LogP contribution < -0.4 is 4.74 Å². The zero-order valence-electron chi connectivity index (χ0n) is 9.41. The molecule has 17 heavy (non-hydrogen) atoms. The van der Waals surface area contributed by atoms with E-state index in [4.69, 9.17) is 9.84 Å². The SMILES string of the molecule is CC(C)COc1cc(C(=O)O)c([N+](=O)[O-])cn1. The van der Waals surface area contributed by atoms with Crippen LogP contribution in [0.3, 0.4) is 0 Å². The molecule has 0 fully saturated rings. The second-order valence-corrected chi connectivity index (χ2v) is 3.81. The van der Waals surface area contributed by atoms with Gasteiger partial charge in [-0.25, -0.2) is 9.78 Å². The predicted octanol–water partition coefficient (Wildman–Crippen LogP) is 1.72. The maximum absolute atomic E-state index is 10.8. The Labute approximate surface area is 97.2 Å². The molecule has 0 atom stereocenters. The van der Waals surface area contributed by atoms with E-state index in [1.165, 1.54) is 0 Å². The lowest BCUT2D eigenvalue weighted by atomic mass is 10.2. The number of nitrogens with zero attached hydrogens (tertiary/aromatic N) is 2. The van der Waals surface area contributed by atoms with Gasteiger partial charge in [-0.1, -0.05) is 13.8 Å². The number of aromatic nitrogens is 1. The summed E-state index contributed by atoms with van der Waals surface area (Å²) in [7, 11) is 0. The third-order valence-electron chi connectivity index (χ3n) is 1.85. The van der Waals surface area contributed by atoms with Gasteiger partial charge in [-0.2, -0.15) is 0 Å². The Morgan fingerprint density at radius 1 is 1.65 bits per heavy atom. The highest BCUT2D eigenvalue weighted by Crippen LogP contribution is 2.21. The zero-order valence-corrected chi connectivity index (χ0v) is 9.41. The number of pyridine rings is 1. The summed E-state index contributed by atoms with van der Waals surface area (Å²) in [6.07, 6.45) is 0.888. The third-order valence-corrected chi connectivity index (χ3v) is 1.85. The quantitative estimate of drug-likeness (QED) is 0.620. The summed E-state index contributed by atoms with van der Waals surface area (Å²) in [5, 5.41) is 19.4. The van der Waals surface area contributed by atoms with Crippen molar-refractivity contribution < 1.29 is 19.6 Å². The van der Waals surface area contributed by atoms with Crippen molar-refractivity contribution >= 4 is 11.7 Å². The van der Waals surface area contributed by atoms with Crippen molar-refractivity contribution in [3.05, 3.63) is 27.9 Å². The summed E-state index contributed by atoms with van der Waals surface area (Å²) >= 11 is 0. The minimum absolute atomic E-state index is 0.0710. The molecular weight excluding hydrogens is 228 g/mol. The molecule has 1 aromatic heterocycles. The lowest BCUT2D eigenvalue weighted by Crippen LogP contribution is -2.08. The maximum atomic E-state index is 10.8. The van der Waals surface area contributed by atoms with E-state index < -0.39 is 22.1 Å². The number of hydrogen-bond acceptors (Lipinski definition) is 5. The number of carbonyl (C=O) groups is 1. The Morgan fingerprint density at radius 3 is 2.76 bits per heavy atom. The van der Waals surface area contributed by atoms with E-state index in [0.29, 0.717) is 6.61 Å². The molecule has 0 aliphatic heterocycles. The second-order valence-electron chi connectivity index (χ2n) is 3.81. The maximum Gasteiger partial charge on any atom is 0.342 e. The number of carboxylic acid groups (broad SMARTS) is 1. The normalized spacial score (nSPS) is 10.3. The number of nitro groups is 1. The van der Waals surface area contributed by atoms with Gasteiger partial charge in [0.15, 0.2) is 0 Å². The van der Waals surface area contributed by atoms with E-state index >= 15 is 0 Å². The van der Waals surface area contributed by atoms with Crippen LogP contribution in [0.25, 0.3) is 0 Å². The van der Waals surface area contributed by atoms with Gasteiger partial charge in [-0.3, -0.25) is 10.1 Å². The standard InChI is InChI=1S/C10H12N2O5/c1-6(2)5-17-9-3-7(10(13)14)8(4-11-9)12(15)16/h3-4,6H,5H2,1-2H3,(H,13,14). The molecule has 7 heteroatoms. The van der Waals surface area contributed by atoms with Crippen LogP contribution in [0.15, 0.2) is 12.3 Å². The topological polar surface area (TPSA) is 103 Å². The van der Waals surface area contributed by atoms with Crippen molar-refractivity contribution in [3.8, 4) is 5.88 Å². The summed E-state index contributed by atoms with van der Waals surface area (Å²) in [4.78, 5) is 24.3. The first-order chi connectivity index (χ1) is 7.91. The van der Waals surface area contributed by atoms with Crippen molar-refractivity contribution in [2.45, 2.75) is 13.8 Å². The molecule has 1 rings (SSSR count). The van der Waals surface area contributed by atoms with Gasteiger partial charge in [0.2, 0.25) is 5.88 Å². The summed E-state index contributed by atoms with van der Waals surface area (Å²) in [6, 6.07) is 1.06. The van der Waals surface area contributed by atoms with E-state index in [2.05, 4.69) is 4.98 Å². The smallest absolute Gasteiger partial charge is 0.342 e. The van der Waals surface area contributed by atoms with E-state index in [1.807, 2.05) is 13.8 Å². The molecule has 1 N–H and O–H groups in total. The number of aromatic carboxylic acids is 1. The van der Waals surface area contributed by atoms with Gasteiger partial charge in [0.1, 0.15) is 11.8 Å². The van der Waals surface area contributed by atoms with Crippen molar-refractivity contribution in [3.63, 3.8) is 0 Å². The monoisotopic (exact) mass is 240 g/mol. The van der Waals surface area contributed by atoms with Crippen molar-refractivity contribution in [2.24, 2.45) is 5.92 Å². The van der Waals surface area contributed by atoms with Crippen molar-refractivity contribution in [1.29, 1.82) is 0 Å². The van der Waals surface area contributed by atoms with Gasteiger partial charge in [0, 0.05) is 6.07 Å². The van der Waals surface area contributed by atoms with Crippen LogP contribution in [0, 0.1) is 16.0 Å². The fourth-order valence-corrected chi connectivity index (χ4v) is 1.08. The minimum Gasteiger partial charge on any atom is -0.477 e. The Kier molecular flexibility index (Phi) is 3.97. The summed E-state index contributed by atoms with van der Waals surface area (Å²) in [6.45, 7) is 4.21. The molecule has 0 saturated heterocycles. The lowest BCUT2D eigenvalue weighted by Gasteiger charge is -2.07. The Morgan fingerprint density at radius 2 is 2.29 bits per heavy atom. The molecule has 0 radical (unpaired) electrons. The second kappa shape index (κ2) is 5.24. The summed E-state index contributed by atoms with van der Waals surface area (Å²) in [5.41, 5.74) is -0.974. The number of ether oxygens (including phenoxy) is 1. The molecule has 0 saturated carbocycles. The van der Waals surface area contributed by atoms with Crippen molar-refractivity contribution in [1.82, 2.24) is 4.98 Å². The van der Waals surface area contributed by atoms with E-state index in [9.17, 15) is 14.9 Å². The van der Waals surface area contributed by atoms with Gasteiger partial charge >= 0.3 is 11.7 Å². The van der Waals surface area contributed by atoms with Gasteiger partial charge in [0.25, 0.3) is 0 Å². The third kappa shape index (κ3) is 3.40. The number of hydrogen-bond donors (Lipinski definition) is 1. The largest absolute Gasteiger partial charge is 0.477 e. The van der Waals surface area contributed by atoms with Crippen LogP contribution in [0.4, 0.5) is 5.69 Å². The Balaban J connectivity index is 3.02. The Hall–Kier alpha value is -2.18. The summed E-state index contributed by atoms with van der Waals surface area (Å²) < 4.78 is 5.20. The number of rotatable bonds is 5. The molecule has 0 bridgehead atoms. The molecule has 92 valence electrons. The molecule has 0 unspecified atom stereocenters. The molecule has 1 aromatic rings. The highest BCUT2D eigenvalue weighted by molar-refractivity contribution is 5.92. The Bertz CT molecular complexity index is 444. The highest BCUT2D eigenvalue weighted by Gasteiger charge is 2.21. The van der Waals surface area contributed by atoms with E-state index in [0.717, 1.165) is 12.3 Å². The molecule has 0 amide bonds. The van der Waals surface area contributed by atoms with Crippen LogP contribution in [0.2, 0.25) is 0 Å². The first kappa shape index (κ1) is 12.9.